The Hall–Kier alpha value is -2.63. The molecule has 1 heterocycles. The van der Waals surface area contributed by atoms with E-state index >= 15 is 0 Å². The maximum atomic E-state index is 11.0. The standard InChI is InChI=1S/C30H40N2O3/c1-4-23-15-22(11-12-27(23)17-32-18-28(19-32)30(33)34)20-35-31-21(3)26-13-14-29(24(5-2)16-26)25-9-7-6-8-10-25/h11-16,25,28,31H,3-10,17-20H2,1-2H3,(H,33,34). The Labute approximate surface area is 210 Å². The molecule has 188 valence electrons. The Morgan fingerprint density at radius 1 is 1.03 bits per heavy atom. The van der Waals surface area contributed by atoms with Gasteiger partial charge in [0.1, 0.15) is 0 Å². The summed E-state index contributed by atoms with van der Waals surface area (Å²) in [5.41, 5.74) is 11.5. The van der Waals surface area contributed by atoms with Gasteiger partial charge in [-0.05, 0) is 71.0 Å². The molecule has 2 aromatic carbocycles. The van der Waals surface area contributed by atoms with E-state index in [9.17, 15) is 4.79 Å². The lowest BCUT2D eigenvalue weighted by Crippen LogP contribution is -2.49. The predicted molar refractivity (Wildman–Crippen MR) is 141 cm³/mol. The summed E-state index contributed by atoms with van der Waals surface area (Å²) in [5.74, 6) is -0.200. The summed E-state index contributed by atoms with van der Waals surface area (Å²) < 4.78 is 0. The maximum Gasteiger partial charge on any atom is 0.309 e. The topological polar surface area (TPSA) is 61.8 Å². The molecule has 35 heavy (non-hydrogen) atoms. The molecule has 2 N–H and O–H groups in total. The first kappa shape index (κ1) is 25.5. The number of hydrogen-bond donors (Lipinski definition) is 2. The van der Waals surface area contributed by atoms with E-state index in [0.29, 0.717) is 25.6 Å². The van der Waals surface area contributed by atoms with Crippen LogP contribution in [0.25, 0.3) is 5.70 Å². The smallest absolute Gasteiger partial charge is 0.309 e. The van der Waals surface area contributed by atoms with Crippen LogP contribution in [0.3, 0.4) is 0 Å². The zero-order valence-corrected chi connectivity index (χ0v) is 21.3. The molecular weight excluding hydrogens is 436 g/mol. The monoisotopic (exact) mass is 476 g/mol. The second-order valence-electron chi connectivity index (χ2n) is 10.2. The molecule has 0 bridgehead atoms. The van der Waals surface area contributed by atoms with Crippen LogP contribution in [0.1, 0.15) is 85.3 Å². The van der Waals surface area contributed by atoms with Crippen LogP contribution in [-0.2, 0) is 35.6 Å². The number of carboxylic acids is 1. The van der Waals surface area contributed by atoms with E-state index in [1.807, 2.05) is 0 Å². The highest BCUT2D eigenvalue weighted by Crippen LogP contribution is 2.35. The first-order valence-electron chi connectivity index (χ1n) is 13.2. The molecule has 1 aliphatic heterocycles. The number of carbonyl (C=O) groups is 1. The van der Waals surface area contributed by atoms with E-state index in [0.717, 1.165) is 36.2 Å². The number of nitrogens with zero attached hydrogens (tertiary/aromatic N) is 1. The fraction of sp³-hybridized carbons (Fsp3) is 0.500. The minimum absolute atomic E-state index is 0.219. The Bertz CT molecular complexity index is 1040. The number of hydrogen-bond acceptors (Lipinski definition) is 4. The number of hydroxylamine groups is 1. The van der Waals surface area contributed by atoms with Crippen LogP contribution >= 0.6 is 0 Å². The number of aryl methyl sites for hydroxylation is 2. The molecule has 0 unspecified atom stereocenters. The van der Waals surface area contributed by atoms with E-state index in [1.165, 1.54) is 54.4 Å². The third-order valence-electron chi connectivity index (χ3n) is 7.70. The molecular formula is C30H40N2O3. The van der Waals surface area contributed by atoms with Crippen LogP contribution in [0.5, 0.6) is 0 Å². The van der Waals surface area contributed by atoms with Crippen molar-refractivity contribution < 1.29 is 14.7 Å². The van der Waals surface area contributed by atoms with Gasteiger partial charge in [0, 0.05) is 19.6 Å². The van der Waals surface area contributed by atoms with Gasteiger partial charge in [-0.2, -0.15) is 0 Å². The van der Waals surface area contributed by atoms with Crippen molar-refractivity contribution >= 4 is 11.7 Å². The van der Waals surface area contributed by atoms with Crippen molar-refractivity contribution in [1.29, 1.82) is 0 Å². The fourth-order valence-corrected chi connectivity index (χ4v) is 5.53. The average molecular weight is 477 g/mol. The van der Waals surface area contributed by atoms with Crippen molar-refractivity contribution in [3.63, 3.8) is 0 Å². The Balaban J connectivity index is 1.30. The number of carboxylic acid groups (broad SMARTS) is 1. The fourth-order valence-electron chi connectivity index (χ4n) is 5.53. The number of likely N-dealkylation sites (tertiary alicyclic amines) is 1. The van der Waals surface area contributed by atoms with Gasteiger partial charge in [-0.1, -0.05) is 70.0 Å². The van der Waals surface area contributed by atoms with Crippen molar-refractivity contribution in [2.24, 2.45) is 5.92 Å². The van der Waals surface area contributed by atoms with E-state index in [4.69, 9.17) is 9.94 Å². The zero-order chi connectivity index (χ0) is 24.8. The number of benzene rings is 2. The van der Waals surface area contributed by atoms with Crippen molar-refractivity contribution in [1.82, 2.24) is 10.4 Å². The third kappa shape index (κ3) is 6.33. The Kier molecular flexibility index (Phi) is 8.64. The average Bonchev–Trinajstić information content (AvgIpc) is 2.86. The molecule has 5 nitrogen and oxygen atoms in total. The van der Waals surface area contributed by atoms with E-state index in [1.54, 1.807) is 0 Å². The van der Waals surface area contributed by atoms with Gasteiger partial charge in [-0.15, -0.1) is 0 Å². The second-order valence-corrected chi connectivity index (χ2v) is 10.2. The molecule has 0 spiro atoms. The molecule has 1 aliphatic carbocycles. The first-order chi connectivity index (χ1) is 17.0. The molecule has 2 fully saturated rings. The molecule has 0 atom stereocenters. The van der Waals surface area contributed by atoms with Crippen LogP contribution in [0, 0.1) is 5.92 Å². The summed E-state index contributed by atoms with van der Waals surface area (Å²) in [5, 5.41) is 9.09. The first-order valence-corrected chi connectivity index (χ1v) is 13.2. The van der Waals surface area contributed by atoms with Gasteiger partial charge in [0.25, 0.3) is 0 Å². The maximum absolute atomic E-state index is 11.0. The lowest BCUT2D eigenvalue weighted by molar-refractivity contribution is -0.147. The Morgan fingerprint density at radius 2 is 1.77 bits per heavy atom. The molecule has 0 amide bonds. The van der Waals surface area contributed by atoms with Crippen molar-refractivity contribution in [2.45, 2.75) is 77.9 Å². The number of rotatable bonds is 11. The van der Waals surface area contributed by atoms with Gasteiger partial charge in [-0.3, -0.25) is 20.0 Å². The highest BCUT2D eigenvalue weighted by atomic mass is 16.6. The highest BCUT2D eigenvalue weighted by Gasteiger charge is 2.32. The lowest BCUT2D eigenvalue weighted by atomic mass is 9.81. The molecule has 4 rings (SSSR count). The summed E-state index contributed by atoms with van der Waals surface area (Å²) in [7, 11) is 0. The van der Waals surface area contributed by atoms with Crippen molar-refractivity contribution in [3.8, 4) is 0 Å². The Morgan fingerprint density at radius 3 is 2.46 bits per heavy atom. The van der Waals surface area contributed by atoms with Crippen LogP contribution in [0.4, 0.5) is 0 Å². The van der Waals surface area contributed by atoms with Crippen LogP contribution in [0.2, 0.25) is 0 Å². The van der Waals surface area contributed by atoms with E-state index < -0.39 is 5.97 Å². The minimum atomic E-state index is -0.690. The molecule has 1 saturated carbocycles. The molecule has 2 aliphatic rings. The SMILES string of the molecule is C=C(NOCc1ccc(CN2CC(C(=O)O)C2)c(CC)c1)c1ccc(C2CCCCC2)c(CC)c1. The molecule has 5 heteroatoms. The molecule has 0 radical (unpaired) electrons. The van der Waals surface area contributed by atoms with Crippen molar-refractivity contribution in [3.05, 3.63) is 76.4 Å². The minimum Gasteiger partial charge on any atom is -0.481 e. The lowest BCUT2D eigenvalue weighted by Gasteiger charge is -2.37. The van der Waals surface area contributed by atoms with Crippen LogP contribution in [0.15, 0.2) is 43.0 Å². The predicted octanol–water partition coefficient (Wildman–Crippen LogP) is 6.07. The largest absolute Gasteiger partial charge is 0.481 e. The van der Waals surface area contributed by atoms with Gasteiger partial charge in [-0.25, -0.2) is 0 Å². The zero-order valence-electron chi connectivity index (χ0n) is 21.3. The second kappa shape index (κ2) is 11.9. The van der Waals surface area contributed by atoms with Crippen LogP contribution in [-0.4, -0.2) is 29.1 Å². The van der Waals surface area contributed by atoms with E-state index in [2.05, 4.69) is 67.2 Å². The molecule has 1 saturated heterocycles. The van der Waals surface area contributed by atoms with E-state index in [-0.39, 0.29) is 5.92 Å². The number of nitrogens with one attached hydrogen (secondary N) is 1. The molecule has 2 aromatic rings. The summed E-state index contributed by atoms with van der Waals surface area (Å²) in [6.45, 7) is 11.1. The van der Waals surface area contributed by atoms with Gasteiger partial charge < -0.3 is 5.11 Å². The van der Waals surface area contributed by atoms with Crippen LogP contribution < -0.4 is 5.48 Å². The van der Waals surface area contributed by atoms with Gasteiger partial charge in [0.05, 0.1) is 18.2 Å². The summed E-state index contributed by atoms with van der Waals surface area (Å²) in [6.07, 6.45) is 8.68. The number of aliphatic carboxylic acids is 1. The molecule has 0 aromatic heterocycles. The van der Waals surface area contributed by atoms with Gasteiger partial charge >= 0.3 is 5.97 Å². The van der Waals surface area contributed by atoms with Gasteiger partial charge in [0.2, 0.25) is 0 Å². The van der Waals surface area contributed by atoms with Crippen molar-refractivity contribution in [2.75, 3.05) is 13.1 Å². The highest BCUT2D eigenvalue weighted by molar-refractivity contribution is 5.71. The summed E-state index contributed by atoms with van der Waals surface area (Å²) in [4.78, 5) is 19.1. The quantitative estimate of drug-likeness (QED) is 0.386. The van der Waals surface area contributed by atoms with Gasteiger partial charge in [0.15, 0.2) is 0 Å². The normalized spacial score (nSPS) is 17.2. The summed E-state index contributed by atoms with van der Waals surface area (Å²) >= 11 is 0. The summed E-state index contributed by atoms with van der Waals surface area (Å²) in [6, 6.07) is 13.2. The third-order valence-corrected chi connectivity index (χ3v) is 7.70.